The molecule has 3 nitrogen and oxygen atoms in total. The maximum absolute atomic E-state index is 13.1. The van der Waals surface area contributed by atoms with Gasteiger partial charge in [0.05, 0.1) is 5.92 Å². The van der Waals surface area contributed by atoms with E-state index in [1.54, 1.807) is 0 Å². The van der Waals surface area contributed by atoms with Gasteiger partial charge in [0, 0.05) is 12.1 Å². The van der Waals surface area contributed by atoms with E-state index in [0.29, 0.717) is 5.56 Å². The lowest BCUT2D eigenvalue weighted by atomic mass is 9.75. The number of aliphatic hydroxyl groups is 1. The molecule has 0 amide bonds. The molecule has 1 aliphatic heterocycles. The summed E-state index contributed by atoms with van der Waals surface area (Å²) in [6.07, 6.45) is 0.123. The van der Waals surface area contributed by atoms with Gasteiger partial charge in [-0.05, 0) is 38.8 Å². The summed E-state index contributed by atoms with van der Waals surface area (Å²) < 4.78 is 0. The molecule has 2 aromatic rings. The Bertz CT molecular complexity index is 706. The lowest BCUT2D eigenvalue weighted by Crippen LogP contribution is -2.49. The zero-order valence-corrected chi connectivity index (χ0v) is 14.6. The summed E-state index contributed by atoms with van der Waals surface area (Å²) >= 11 is 0. The number of carbonyl (C=O) groups excluding carboxylic acids is 1. The molecule has 1 aliphatic rings. The highest BCUT2D eigenvalue weighted by molar-refractivity contribution is 5.98. The molecular formula is C21H25NO2. The predicted octanol–water partition coefficient (Wildman–Crippen LogP) is 3.54. The molecule has 0 saturated carbocycles. The van der Waals surface area contributed by atoms with E-state index >= 15 is 0 Å². The van der Waals surface area contributed by atoms with Crippen molar-refractivity contribution in [2.45, 2.75) is 32.4 Å². The highest BCUT2D eigenvalue weighted by Gasteiger charge is 2.41. The molecule has 1 N–H and O–H groups in total. The molecule has 3 unspecified atom stereocenters. The first kappa shape index (κ1) is 16.9. The number of aryl methyl sites for hydroxylation is 2. The molecule has 3 rings (SSSR count). The molecular weight excluding hydrogens is 298 g/mol. The van der Waals surface area contributed by atoms with Crippen LogP contribution >= 0.6 is 0 Å². The van der Waals surface area contributed by atoms with Gasteiger partial charge in [0.2, 0.25) is 0 Å². The number of nitrogens with zero attached hydrogens (tertiary/aromatic N) is 1. The van der Waals surface area contributed by atoms with E-state index in [1.165, 1.54) is 5.56 Å². The van der Waals surface area contributed by atoms with Gasteiger partial charge >= 0.3 is 0 Å². The third-order valence-corrected chi connectivity index (χ3v) is 5.14. The highest BCUT2D eigenvalue weighted by atomic mass is 16.3. The number of hydrogen-bond donors (Lipinski definition) is 1. The van der Waals surface area contributed by atoms with Gasteiger partial charge in [-0.25, -0.2) is 0 Å². The van der Waals surface area contributed by atoms with Crippen molar-refractivity contribution >= 4 is 5.78 Å². The third-order valence-electron chi connectivity index (χ3n) is 5.14. The number of benzene rings is 2. The van der Waals surface area contributed by atoms with Crippen molar-refractivity contribution in [3.05, 3.63) is 70.8 Å². The third kappa shape index (κ3) is 3.28. The minimum Gasteiger partial charge on any atom is -0.378 e. The van der Waals surface area contributed by atoms with Crippen LogP contribution in [-0.2, 0) is 0 Å². The maximum atomic E-state index is 13.1. The largest absolute Gasteiger partial charge is 0.378 e. The van der Waals surface area contributed by atoms with Crippen LogP contribution in [0.5, 0.6) is 0 Å². The Morgan fingerprint density at radius 2 is 1.54 bits per heavy atom. The number of likely N-dealkylation sites (tertiary alicyclic amines) is 1. The van der Waals surface area contributed by atoms with E-state index in [1.807, 2.05) is 43.1 Å². The van der Waals surface area contributed by atoms with Crippen LogP contribution in [-0.4, -0.2) is 35.6 Å². The Balaban J connectivity index is 1.96. The molecule has 1 heterocycles. The summed E-state index contributed by atoms with van der Waals surface area (Å²) in [5.41, 5.74) is 4.15. The smallest absolute Gasteiger partial charge is 0.170 e. The van der Waals surface area contributed by atoms with E-state index in [4.69, 9.17) is 0 Å². The Hall–Kier alpha value is -1.97. The number of aliphatic hydroxyl groups excluding tert-OH is 1. The second-order valence-electron chi connectivity index (χ2n) is 6.96. The van der Waals surface area contributed by atoms with Crippen molar-refractivity contribution in [3.63, 3.8) is 0 Å². The van der Waals surface area contributed by atoms with Gasteiger partial charge in [0.1, 0.15) is 6.23 Å². The second kappa shape index (κ2) is 6.88. The number of hydrogen-bond acceptors (Lipinski definition) is 3. The minimum atomic E-state index is -0.751. The standard InChI is InChI=1S/C21H25NO2/c1-14-4-8-16(9-5-14)18-12-13-22(3)21(24)19(18)20(23)17-10-6-15(2)7-11-17/h4-11,18-19,21,24H,12-13H2,1-3H3. The average molecular weight is 323 g/mol. The zero-order chi connectivity index (χ0) is 17.3. The van der Waals surface area contributed by atoms with Crippen LogP contribution in [0, 0.1) is 19.8 Å². The monoisotopic (exact) mass is 323 g/mol. The van der Waals surface area contributed by atoms with Crippen LogP contribution in [0.25, 0.3) is 0 Å². The van der Waals surface area contributed by atoms with Gasteiger partial charge < -0.3 is 5.11 Å². The van der Waals surface area contributed by atoms with Gasteiger partial charge in [-0.2, -0.15) is 0 Å². The number of Topliss-reactive ketones (excluding diaryl/α,β-unsaturated/α-hetero) is 1. The average Bonchev–Trinajstić information content (AvgIpc) is 2.58. The summed E-state index contributed by atoms with van der Waals surface area (Å²) in [4.78, 5) is 15.0. The van der Waals surface area contributed by atoms with Crippen molar-refractivity contribution in [3.8, 4) is 0 Å². The van der Waals surface area contributed by atoms with Crippen LogP contribution in [0.1, 0.15) is 39.4 Å². The van der Waals surface area contributed by atoms with Crippen molar-refractivity contribution in [1.82, 2.24) is 4.90 Å². The first-order valence-electron chi connectivity index (χ1n) is 8.53. The van der Waals surface area contributed by atoms with Crippen molar-refractivity contribution in [2.75, 3.05) is 13.6 Å². The highest BCUT2D eigenvalue weighted by Crippen LogP contribution is 2.37. The van der Waals surface area contributed by atoms with Crippen LogP contribution < -0.4 is 0 Å². The van der Waals surface area contributed by atoms with Gasteiger partial charge in [-0.3, -0.25) is 9.69 Å². The van der Waals surface area contributed by atoms with Crippen molar-refractivity contribution < 1.29 is 9.90 Å². The Labute approximate surface area is 143 Å². The van der Waals surface area contributed by atoms with Gasteiger partial charge in [0.25, 0.3) is 0 Å². The topological polar surface area (TPSA) is 40.5 Å². The number of carbonyl (C=O) groups is 1. The maximum Gasteiger partial charge on any atom is 0.170 e. The Kier molecular flexibility index (Phi) is 4.83. The molecule has 0 spiro atoms. The lowest BCUT2D eigenvalue weighted by molar-refractivity contribution is -0.0489. The summed E-state index contributed by atoms with van der Waals surface area (Å²) in [5, 5.41) is 10.7. The first-order chi connectivity index (χ1) is 11.5. The van der Waals surface area contributed by atoms with Gasteiger partial charge in [-0.1, -0.05) is 59.7 Å². The first-order valence-corrected chi connectivity index (χ1v) is 8.53. The normalized spacial score (nSPS) is 24.8. The van der Waals surface area contributed by atoms with Crippen LogP contribution in [0.4, 0.5) is 0 Å². The number of piperidine rings is 1. The molecule has 24 heavy (non-hydrogen) atoms. The summed E-state index contributed by atoms with van der Waals surface area (Å²) in [6.45, 7) is 4.85. The van der Waals surface area contributed by atoms with Crippen LogP contribution in [0.3, 0.4) is 0 Å². The molecule has 3 heteroatoms. The van der Waals surface area contributed by atoms with Gasteiger partial charge in [-0.15, -0.1) is 0 Å². The SMILES string of the molecule is Cc1ccc(C(=O)C2C(c3ccc(C)cc3)CCN(C)C2O)cc1. The van der Waals surface area contributed by atoms with E-state index in [9.17, 15) is 9.90 Å². The minimum absolute atomic E-state index is 0.0274. The van der Waals surface area contributed by atoms with Gasteiger partial charge in [0.15, 0.2) is 5.78 Å². The fourth-order valence-electron chi connectivity index (χ4n) is 3.55. The van der Waals surface area contributed by atoms with E-state index in [-0.39, 0.29) is 11.7 Å². The van der Waals surface area contributed by atoms with Crippen LogP contribution in [0.15, 0.2) is 48.5 Å². The fourth-order valence-corrected chi connectivity index (χ4v) is 3.55. The summed E-state index contributed by atoms with van der Waals surface area (Å²) in [7, 11) is 1.88. The Morgan fingerprint density at radius 1 is 1.00 bits per heavy atom. The van der Waals surface area contributed by atoms with Crippen molar-refractivity contribution in [2.24, 2.45) is 5.92 Å². The summed E-state index contributed by atoms with van der Waals surface area (Å²) in [5.74, 6) is -0.362. The summed E-state index contributed by atoms with van der Waals surface area (Å²) in [6, 6.07) is 16.0. The quantitative estimate of drug-likeness (QED) is 0.878. The van der Waals surface area contributed by atoms with Crippen molar-refractivity contribution in [1.29, 1.82) is 0 Å². The molecule has 0 aliphatic carbocycles. The molecule has 0 aromatic heterocycles. The lowest BCUT2D eigenvalue weighted by Gasteiger charge is -2.40. The molecule has 0 bridgehead atoms. The molecule has 2 aromatic carbocycles. The molecule has 1 fully saturated rings. The number of rotatable bonds is 3. The fraction of sp³-hybridized carbons (Fsp3) is 0.381. The second-order valence-corrected chi connectivity index (χ2v) is 6.96. The zero-order valence-electron chi connectivity index (χ0n) is 14.6. The van der Waals surface area contributed by atoms with E-state index in [0.717, 1.165) is 24.1 Å². The molecule has 3 atom stereocenters. The van der Waals surface area contributed by atoms with E-state index in [2.05, 4.69) is 31.2 Å². The van der Waals surface area contributed by atoms with Crippen LogP contribution in [0.2, 0.25) is 0 Å². The predicted molar refractivity (Wildman–Crippen MR) is 96.2 cm³/mol. The number of ketones is 1. The van der Waals surface area contributed by atoms with E-state index < -0.39 is 12.1 Å². The molecule has 126 valence electrons. The molecule has 1 saturated heterocycles. The molecule has 0 radical (unpaired) electrons. The Morgan fingerprint density at radius 3 is 2.12 bits per heavy atom.